The predicted octanol–water partition coefficient (Wildman–Crippen LogP) is 3.25. The smallest absolute Gasteiger partial charge is 0.316 e. The molecule has 0 aliphatic carbocycles. The average molecular weight is 507 g/mol. The Hall–Kier alpha value is -2.96. The highest BCUT2D eigenvalue weighted by Gasteiger charge is 2.28. The second-order valence-corrected chi connectivity index (χ2v) is 11.0. The lowest BCUT2D eigenvalue weighted by Crippen LogP contribution is -2.38. The molecule has 12 heteroatoms. The van der Waals surface area contributed by atoms with Crippen LogP contribution in [-0.2, 0) is 24.3 Å². The molecule has 33 heavy (non-hydrogen) atoms. The first-order chi connectivity index (χ1) is 15.7. The van der Waals surface area contributed by atoms with E-state index in [1.54, 1.807) is 31.2 Å². The van der Waals surface area contributed by atoms with Crippen molar-refractivity contribution >= 4 is 55.8 Å². The highest BCUT2D eigenvalue weighted by Crippen LogP contribution is 2.29. The lowest BCUT2D eigenvalue weighted by Gasteiger charge is -2.25. The Morgan fingerprint density at radius 3 is 2.55 bits per heavy atom. The van der Waals surface area contributed by atoms with Gasteiger partial charge in [-0.05, 0) is 43.2 Å². The van der Waals surface area contributed by atoms with Crippen LogP contribution in [0, 0.1) is 13.8 Å². The minimum absolute atomic E-state index is 0.0643. The van der Waals surface area contributed by atoms with Gasteiger partial charge in [0.25, 0.3) is 10.0 Å². The lowest BCUT2D eigenvalue weighted by atomic mass is 10.1. The quantitative estimate of drug-likeness (QED) is 0.267. The van der Waals surface area contributed by atoms with Gasteiger partial charge >= 0.3 is 5.97 Å². The second kappa shape index (κ2) is 10.8. The number of sulfonamides is 1. The number of methoxy groups -OCH3 is 1. The standard InChI is InChI=1S/C21H22N4O5S3/c1-14-9-10-15(2)17(11-14)25(33(28,29)16-7-5-4-6-8-16)12-18(26)22-20-23-24-21(32-20)31-13-19(27)30-3/h4-11H,12-13H2,1-3H3,(H,22,23,26). The molecule has 0 unspecified atom stereocenters. The molecular formula is C21H22N4O5S3. The third kappa shape index (κ3) is 6.30. The number of nitrogens with zero attached hydrogens (tertiary/aromatic N) is 3. The molecule has 3 rings (SSSR count). The number of nitrogens with one attached hydrogen (secondary N) is 1. The Balaban J connectivity index is 1.84. The summed E-state index contributed by atoms with van der Waals surface area (Å²) in [5.74, 6) is -0.915. The maximum Gasteiger partial charge on any atom is 0.316 e. The largest absolute Gasteiger partial charge is 0.468 e. The molecule has 1 amide bonds. The SMILES string of the molecule is COC(=O)CSc1nnc(NC(=O)CN(c2cc(C)ccc2C)S(=O)(=O)c2ccccc2)s1. The number of thioether (sulfide) groups is 1. The number of anilines is 2. The van der Waals surface area contributed by atoms with Gasteiger partial charge in [-0.25, -0.2) is 8.42 Å². The fraction of sp³-hybridized carbons (Fsp3) is 0.238. The van der Waals surface area contributed by atoms with Crippen molar-refractivity contribution in [2.45, 2.75) is 23.1 Å². The van der Waals surface area contributed by atoms with Gasteiger partial charge in [0.05, 0.1) is 23.4 Å². The lowest BCUT2D eigenvalue weighted by molar-refractivity contribution is -0.137. The van der Waals surface area contributed by atoms with E-state index >= 15 is 0 Å². The van der Waals surface area contributed by atoms with Gasteiger partial charge in [-0.1, -0.05) is 53.4 Å². The molecule has 0 bridgehead atoms. The van der Waals surface area contributed by atoms with Crippen molar-refractivity contribution in [3.63, 3.8) is 0 Å². The average Bonchev–Trinajstić information content (AvgIpc) is 3.25. The highest BCUT2D eigenvalue weighted by molar-refractivity contribution is 8.01. The van der Waals surface area contributed by atoms with Gasteiger partial charge in [0.15, 0.2) is 4.34 Å². The molecule has 0 spiro atoms. The van der Waals surface area contributed by atoms with Crippen molar-refractivity contribution in [2.24, 2.45) is 0 Å². The van der Waals surface area contributed by atoms with Crippen molar-refractivity contribution in [1.29, 1.82) is 0 Å². The first kappa shape index (κ1) is 24.7. The molecule has 9 nitrogen and oxygen atoms in total. The Kier molecular flexibility index (Phi) is 8.06. The van der Waals surface area contributed by atoms with Crippen LogP contribution in [0.15, 0.2) is 57.8 Å². The van der Waals surface area contributed by atoms with E-state index in [0.29, 0.717) is 15.6 Å². The summed E-state index contributed by atoms with van der Waals surface area (Å²) in [7, 11) is -2.72. The number of ether oxygens (including phenoxy) is 1. The van der Waals surface area contributed by atoms with Crippen LogP contribution in [0.1, 0.15) is 11.1 Å². The van der Waals surface area contributed by atoms with Gasteiger partial charge in [0, 0.05) is 0 Å². The molecule has 0 aliphatic heterocycles. The normalized spacial score (nSPS) is 11.1. The highest BCUT2D eigenvalue weighted by atomic mass is 32.2. The summed E-state index contributed by atoms with van der Waals surface area (Å²) < 4.78 is 33.0. The van der Waals surface area contributed by atoms with Crippen molar-refractivity contribution in [1.82, 2.24) is 10.2 Å². The second-order valence-electron chi connectivity index (χ2n) is 6.90. The maximum atomic E-state index is 13.4. The van der Waals surface area contributed by atoms with E-state index in [-0.39, 0.29) is 15.8 Å². The first-order valence-electron chi connectivity index (χ1n) is 9.68. The monoisotopic (exact) mass is 506 g/mol. The van der Waals surface area contributed by atoms with Crippen molar-refractivity contribution in [2.75, 3.05) is 29.0 Å². The third-order valence-corrected chi connectivity index (χ3v) is 8.17. The number of esters is 1. The number of amides is 1. The number of aromatic nitrogens is 2. The van der Waals surface area contributed by atoms with Crippen LogP contribution in [0.2, 0.25) is 0 Å². The van der Waals surface area contributed by atoms with Crippen molar-refractivity contribution in [3.8, 4) is 0 Å². The number of hydrogen-bond acceptors (Lipinski definition) is 9. The van der Waals surface area contributed by atoms with Crippen LogP contribution in [0.25, 0.3) is 0 Å². The molecule has 174 valence electrons. The zero-order valence-corrected chi connectivity index (χ0v) is 20.6. The zero-order chi connectivity index (χ0) is 24.0. The van der Waals surface area contributed by atoms with Gasteiger partial charge in [0.2, 0.25) is 11.0 Å². The molecule has 0 saturated carbocycles. The Labute approximate surface area is 200 Å². The van der Waals surface area contributed by atoms with Crippen LogP contribution in [0.5, 0.6) is 0 Å². The summed E-state index contributed by atoms with van der Waals surface area (Å²) in [5, 5.41) is 10.6. The van der Waals surface area contributed by atoms with E-state index in [4.69, 9.17) is 0 Å². The summed E-state index contributed by atoms with van der Waals surface area (Å²) in [6.45, 7) is 3.19. The fourth-order valence-corrected chi connectivity index (χ4v) is 5.89. The maximum absolute atomic E-state index is 13.4. The van der Waals surface area contributed by atoms with Gasteiger partial charge in [-0.2, -0.15) is 0 Å². The van der Waals surface area contributed by atoms with Crippen LogP contribution in [-0.4, -0.2) is 49.9 Å². The third-order valence-electron chi connectivity index (χ3n) is 4.45. The van der Waals surface area contributed by atoms with Crippen molar-refractivity contribution < 1.29 is 22.7 Å². The molecule has 0 aliphatic rings. The zero-order valence-electron chi connectivity index (χ0n) is 18.1. The summed E-state index contributed by atoms with van der Waals surface area (Å²) >= 11 is 2.21. The van der Waals surface area contributed by atoms with Gasteiger partial charge in [-0.3, -0.25) is 19.2 Å². The van der Waals surface area contributed by atoms with Crippen molar-refractivity contribution in [3.05, 3.63) is 59.7 Å². The molecule has 3 aromatic rings. The van der Waals surface area contributed by atoms with E-state index in [2.05, 4.69) is 20.3 Å². The number of benzene rings is 2. The molecule has 0 atom stereocenters. The Morgan fingerprint density at radius 1 is 1.12 bits per heavy atom. The molecule has 0 fully saturated rings. The van der Waals surface area contributed by atoms with E-state index < -0.39 is 28.4 Å². The van der Waals surface area contributed by atoms with Gasteiger partial charge in [0.1, 0.15) is 6.54 Å². The number of carbonyl (C=O) groups excluding carboxylic acids is 2. The first-order valence-corrected chi connectivity index (χ1v) is 12.9. The van der Waals surface area contributed by atoms with E-state index in [0.717, 1.165) is 33.0 Å². The molecule has 1 aromatic heterocycles. The van der Waals surface area contributed by atoms with Gasteiger partial charge in [-0.15, -0.1) is 10.2 Å². The number of hydrogen-bond donors (Lipinski definition) is 1. The molecule has 1 N–H and O–H groups in total. The number of rotatable bonds is 9. The minimum atomic E-state index is -4.01. The van der Waals surface area contributed by atoms with E-state index in [1.165, 1.54) is 19.2 Å². The summed E-state index contributed by atoms with van der Waals surface area (Å²) in [5.41, 5.74) is 1.99. The molecule has 0 saturated heterocycles. The molecule has 0 radical (unpaired) electrons. The predicted molar refractivity (Wildman–Crippen MR) is 128 cm³/mol. The summed E-state index contributed by atoms with van der Waals surface area (Å²) in [4.78, 5) is 24.2. The van der Waals surface area contributed by atoms with Crippen LogP contribution >= 0.6 is 23.1 Å². The van der Waals surface area contributed by atoms with Crippen LogP contribution in [0.4, 0.5) is 10.8 Å². The van der Waals surface area contributed by atoms with Crippen LogP contribution in [0.3, 0.4) is 0 Å². The van der Waals surface area contributed by atoms with E-state index in [1.807, 2.05) is 19.1 Å². The molecule has 2 aromatic carbocycles. The van der Waals surface area contributed by atoms with Gasteiger partial charge < -0.3 is 4.74 Å². The van der Waals surface area contributed by atoms with Crippen LogP contribution < -0.4 is 9.62 Å². The number of carbonyl (C=O) groups is 2. The molecule has 1 heterocycles. The molecular weight excluding hydrogens is 484 g/mol. The summed E-state index contributed by atoms with van der Waals surface area (Å²) in [6, 6.07) is 13.4. The van der Waals surface area contributed by atoms with E-state index in [9.17, 15) is 18.0 Å². The summed E-state index contributed by atoms with van der Waals surface area (Å²) in [6.07, 6.45) is 0. The topological polar surface area (TPSA) is 119 Å². The minimum Gasteiger partial charge on any atom is -0.468 e. The Bertz CT molecular complexity index is 1250. The fourth-order valence-electron chi connectivity index (χ4n) is 2.79. The number of aryl methyl sites for hydroxylation is 2. The Morgan fingerprint density at radius 2 is 1.85 bits per heavy atom.